The van der Waals surface area contributed by atoms with Gasteiger partial charge in [0.1, 0.15) is 12.2 Å². The van der Waals surface area contributed by atoms with Crippen LogP contribution in [0.1, 0.15) is 39.8 Å². The molecule has 26 nitrogen and oxygen atoms in total. The average Bonchev–Trinajstić information content (AvgIpc) is 3.26. The number of aliphatic hydroxyl groups excluding tert-OH is 4. The number of ether oxygens (including phenoxy) is 4. The number of carbonyl (C=O) groups is 6. The van der Waals surface area contributed by atoms with Gasteiger partial charge in [0, 0.05) is 26.9 Å². The molecule has 26 heteroatoms. The Morgan fingerprint density at radius 3 is 1.21 bits per heavy atom. The number of carbonyl (C=O) groups excluding carboxylic acids is 4. The first-order valence-electron chi connectivity index (χ1n) is 19.8. The third kappa shape index (κ3) is 15.7. The molecule has 68 heavy (non-hydrogen) atoms. The fraction of sp³-hybridized carbons (Fsp3) is 0.429. The van der Waals surface area contributed by atoms with E-state index in [1.807, 2.05) is 0 Å². The first-order chi connectivity index (χ1) is 31.2. The predicted molar refractivity (Wildman–Crippen MR) is 241 cm³/mol. The van der Waals surface area contributed by atoms with Crippen molar-refractivity contribution in [2.45, 2.75) is 103 Å². The molecule has 2 aliphatic rings. The van der Waals surface area contributed by atoms with Gasteiger partial charge >= 0.3 is 24.1 Å². The second-order valence-corrected chi connectivity index (χ2v) is 14.7. The lowest BCUT2D eigenvalue weighted by Gasteiger charge is -2.39. The number of guanidine groups is 2. The number of nitrogens with one attached hydrogen (secondary N) is 4. The summed E-state index contributed by atoms with van der Waals surface area (Å²) in [4.78, 5) is 81.9. The van der Waals surface area contributed by atoms with E-state index in [0.29, 0.717) is 11.1 Å². The molecule has 0 saturated carbocycles. The van der Waals surface area contributed by atoms with Gasteiger partial charge in [-0.2, -0.15) is 0 Å². The number of carboxylic acid groups (broad SMARTS) is 2. The van der Waals surface area contributed by atoms with Crippen molar-refractivity contribution < 1.29 is 78.4 Å². The van der Waals surface area contributed by atoms with Gasteiger partial charge in [0.05, 0.1) is 37.4 Å². The van der Waals surface area contributed by atoms with Crippen LogP contribution in [0.3, 0.4) is 0 Å². The van der Waals surface area contributed by atoms with Crippen molar-refractivity contribution in [2.75, 3.05) is 13.2 Å². The van der Waals surface area contributed by atoms with Crippen molar-refractivity contribution >= 4 is 47.9 Å². The number of nitrogens with zero attached hydrogens (tertiary/aromatic N) is 2. The number of aliphatic carboxylic acids is 2. The van der Waals surface area contributed by atoms with Crippen molar-refractivity contribution in [3.05, 3.63) is 83.3 Å². The molecule has 0 radical (unpaired) electrons. The first-order valence-corrected chi connectivity index (χ1v) is 19.8. The van der Waals surface area contributed by atoms with Crippen LogP contribution in [0.4, 0.5) is 9.59 Å². The Kier molecular flexibility index (Phi) is 21.5. The fourth-order valence-corrected chi connectivity index (χ4v) is 6.84. The Morgan fingerprint density at radius 2 is 0.941 bits per heavy atom. The molecule has 2 aliphatic heterocycles. The smallest absolute Gasteiger partial charge is 0.407 e. The molecule has 2 aromatic carbocycles. The Hall–Kier alpha value is -7.68. The number of amides is 4. The number of aliphatic imine (C=N–C) groups is 2. The van der Waals surface area contributed by atoms with Crippen LogP contribution in [-0.4, -0.2) is 153 Å². The molecule has 0 aromatic heterocycles. The molecule has 10 atom stereocenters. The summed E-state index contributed by atoms with van der Waals surface area (Å²) in [5, 5.41) is 70.2. The van der Waals surface area contributed by atoms with Crippen LogP contribution in [0.5, 0.6) is 0 Å². The molecule has 0 aliphatic carbocycles. The molecule has 0 bridgehead atoms. The van der Waals surface area contributed by atoms with Gasteiger partial charge in [0.15, 0.2) is 36.3 Å². The zero-order valence-corrected chi connectivity index (χ0v) is 35.3. The lowest BCUT2D eigenvalue weighted by molar-refractivity contribution is -0.147. The van der Waals surface area contributed by atoms with Crippen molar-refractivity contribution in [3.8, 4) is 11.1 Å². The standard InChI is InChI=1S/C40H52N10O16.2CH4/c1-17(53)47-29-23(49-37(41)42)11-27(35(57)58)63-33(29)31(25(55)15-51)65-39(61)45-13-19-3-7-21(8-4-19)22-9-5-20(6-10-22)14-46-40(62)66-32(26(56)16-52)34-30(48-18(2)54)24(50-38(43)44)12-28(64-34)36(59)60;;/h3-12,23-26,29-34,51-52,55-56H,13-16H2,1-2H3,(H,45,61)(H,46,62)(H,47,53)(H,48,54)(H,57,58)(H,59,60)(H4,41,42,49)(H4,43,44,50);2*1H4/t23-,24-,25+,26+,29+,30+,31+,32+,33+,34+;;/m0../s1. The minimum absolute atomic E-state index is 0. The van der Waals surface area contributed by atoms with Crippen molar-refractivity contribution in [1.29, 1.82) is 0 Å². The number of alkyl carbamates (subject to hydrolysis) is 2. The Labute approximate surface area is 390 Å². The van der Waals surface area contributed by atoms with Gasteiger partial charge in [-0.1, -0.05) is 63.4 Å². The van der Waals surface area contributed by atoms with Gasteiger partial charge in [0.2, 0.25) is 23.3 Å². The highest BCUT2D eigenvalue weighted by Crippen LogP contribution is 2.29. The van der Waals surface area contributed by atoms with Crippen LogP contribution >= 0.6 is 0 Å². The summed E-state index contributed by atoms with van der Waals surface area (Å²) in [7, 11) is 0. The fourth-order valence-electron chi connectivity index (χ4n) is 6.84. The zero-order valence-electron chi connectivity index (χ0n) is 35.3. The summed E-state index contributed by atoms with van der Waals surface area (Å²) in [6.07, 6.45) is -10.4. The summed E-state index contributed by atoms with van der Waals surface area (Å²) in [5.41, 5.74) is 24.8. The summed E-state index contributed by atoms with van der Waals surface area (Å²) in [5.74, 6) is -6.61. The molecule has 4 amide bonds. The van der Waals surface area contributed by atoms with Crippen LogP contribution in [0.2, 0.25) is 0 Å². The number of hydrogen-bond donors (Lipinski definition) is 14. The highest BCUT2D eigenvalue weighted by molar-refractivity contribution is 5.86. The normalized spacial score (nSPS) is 21.1. The van der Waals surface area contributed by atoms with Crippen LogP contribution in [0.25, 0.3) is 11.1 Å². The molecular weight excluding hydrogens is 901 g/mol. The number of nitrogens with two attached hydrogens (primary N) is 4. The lowest BCUT2D eigenvalue weighted by Crippen LogP contribution is -2.61. The van der Waals surface area contributed by atoms with Crippen LogP contribution < -0.4 is 44.2 Å². The molecule has 0 spiro atoms. The van der Waals surface area contributed by atoms with E-state index in [9.17, 15) is 59.4 Å². The van der Waals surface area contributed by atoms with Gasteiger partial charge in [-0.15, -0.1) is 0 Å². The van der Waals surface area contributed by atoms with E-state index in [1.54, 1.807) is 48.5 Å². The highest BCUT2D eigenvalue weighted by Gasteiger charge is 2.48. The average molecular weight is 961 g/mol. The van der Waals surface area contributed by atoms with Gasteiger partial charge in [0.25, 0.3) is 0 Å². The zero-order chi connectivity index (χ0) is 48.8. The van der Waals surface area contributed by atoms with Crippen molar-refractivity contribution in [1.82, 2.24) is 21.3 Å². The number of rotatable bonds is 19. The van der Waals surface area contributed by atoms with Gasteiger partial charge < -0.3 is 93.8 Å². The molecule has 0 saturated heterocycles. The maximum atomic E-state index is 13.0. The largest absolute Gasteiger partial charge is 0.477 e. The first kappa shape index (κ1) is 56.4. The minimum Gasteiger partial charge on any atom is -0.477 e. The second-order valence-electron chi connectivity index (χ2n) is 14.7. The van der Waals surface area contributed by atoms with E-state index < -0.39 is 133 Å². The van der Waals surface area contributed by atoms with Crippen LogP contribution in [-0.2, 0) is 51.2 Å². The molecule has 374 valence electrons. The predicted octanol–water partition coefficient (Wildman–Crippen LogP) is -2.45. The number of aliphatic hydroxyl groups is 4. The summed E-state index contributed by atoms with van der Waals surface area (Å²) in [6.45, 7) is 0.200. The third-order valence-corrected chi connectivity index (χ3v) is 9.75. The quantitative estimate of drug-likeness (QED) is 0.0513. The molecule has 0 unspecified atom stereocenters. The van der Waals surface area contributed by atoms with Gasteiger partial charge in [-0.25, -0.2) is 29.2 Å². The van der Waals surface area contributed by atoms with E-state index in [4.69, 9.17) is 41.9 Å². The molecular formula is C42H60N10O16. The number of hydrogen-bond acceptors (Lipinski definition) is 16. The van der Waals surface area contributed by atoms with E-state index in [0.717, 1.165) is 37.1 Å². The van der Waals surface area contributed by atoms with E-state index in [1.165, 1.54) is 0 Å². The second kappa shape index (κ2) is 25.9. The SMILES string of the molecule is C.C.CC(=O)N[C@H]1[C@H]([C@H](OC(=O)NCc2ccc(-c3ccc(CNC(=O)O[C@@H]([C@@H]4OC(C(=O)O)=C[C@H](N=C(N)N)[C@H]4NC(C)=O)[C@H](O)CO)cc3)cc2)[C@H](O)CO)OC(C(=O)O)=C[C@@H]1N=C(N)N. The topological polar surface area (TPSA) is 438 Å². The van der Waals surface area contributed by atoms with Gasteiger partial charge in [-0.05, 0) is 34.4 Å². The Morgan fingerprint density at radius 1 is 0.618 bits per heavy atom. The molecule has 2 aromatic rings. The van der Waals surface area contributed by atoms with Crippen LogP contribution in [0, 0.1) is 0 Å². The molecule has 18 N–H and O–H groups in total. The molecule has 2 heterocycles. The van der Waals surface area contributed by atoms with E-state index in [-0.39, 0.29) is 27.9 Å². The summed E-state index contributed by atoms with van der Waals surface area (Å²) in [6, 6.07) is 8.79. The molecule has 4 rings (SSSR count). The van der Waals surface area contributed by atoms with Gasteiger partial charge in [-0.3, -0.25) is 9.59 Å². The number of benzene rings is 2. The summed E-state index contributed by atoms with van der Waals surface area (Å²) < 4.78 is 21.9. The monoisotopic (exact) mass is 960 g/mol. The maximum Gasteiger partial charge on any atom is 0.407 e. The maximum absolute atomic E-state index is 13.0. The van der Waals surface area contributed by atoms with Crippen LogP contribution in [0.15, 0.2) is 82.2 Å². The van der Waals surface area contributed by atoms with Crippen molar-refractivity contribution in [2.24, 2.45) is 32.9 Å². The minimum atomic E-state index is -1.81. The molecule has 0 fully saturated rings. The summed E-state index contributed by atoms with van der Waals surface area (Å²) >= 11 is 0. The Balaban J connectivity index is 0.00000793. The highest BCUT2D eigenvalue weighted by atomic mass is 16.6. The third-order valence-electron chi connectivity index (χ3n) is 9.75. The Bertz CT molecular complexity index is 2040. The van der Waals surface area contributed by atoms with E-state index >= 15 is 0 Å². The number of carboxylic acids is 2. The van der Waals surface area contributed by atoms with Crippen molar-refractivity contribution in [3.63, 3.8) is 0 Å². The lowest BCUT2D eigenvalue weighted by atomic mass is 9.92. The van der Waals surface area contributed by atoms with E-state index in [2.05, 4.69) is 31.3 Å².